The molecule has 0 aliphatic carbocycles. The number of nitrogens with zero attached hydrogens (tertiary/aromatic N) is 1. The van der Waals surface area contributed by atoms with Crippen LogP contribution in [0.3, 0.4) is 0 Å². The number of carbonyl (C=O) groups is 1. The predicted molar refractivity (Wildman–Crippen MR) is 132 cm³/mol. The van der Waals surface area contributed by atoms with Crippen molar-refractivity contribution in [2.45, 2.75) is 36.7 Å². The van der Waals surface area contributed by atoms with Gasteiger partial charge in [-0.2, -0.15) is 8.42 Å². The summed E-state index contributed by atoms with van der Waals surface area (Å²) in [5.74, 6) is -0.158. The van der Waals surface area contributed by atoms with E-state index in [-0.39, 0.29) is 16.6 Å². The van der Waals surface area contributed by atoms with E-state index in [1.807, 2.05) is 45.0 Å². The minimum absolute atomic E-state index is 0.0131. The van der Waals surface area contributed by atoms with Gasteiger partial charge < -0.3 is 0 Å². The van der Waals surface area contributed by atoms with Crippen LogP contribution in [-0.2, 0) is 25.2 Å². The van der Waals surface area contributed by atoms with Crippen LogP contribution in [0, 0.1) is 12.8 Å². The number of hydrogen-bond acceptors (Lipinski definition) is 4. The van der Waals surface area contributed by atoms with E-state index in [1.54, 1.807) is 66.7 Å². The van der Waals surface area contributed by atoms with E-state index in [0.29, 0.717) is 10.5 Å². The molecule has 33 heavy (non-hydrogen) atoms. The molecule has 0 amide bonds. The predicted octanol–water partition coefficient (Wildman–Crippen LogP) is 5.94. The van der Waals surface area contributed by atoms with Gasteiger partial charge in [0.2, 0.25) is 0 Å². The van der Waals surface area contributed by atoms with Crippen molar-refractivity contribution in [1.82, 2.24) is 0 Å². The average molecular weight is 482 g/mol. The zero-order valence-corrected chi connectivity index (χ0v) is 20.4. The molecule has 2 atom stereocenters. The SMILES string of the molecule is Cc1ccc(S(=O)(=O)/N=S(\OC(/C=C/C(=O)c2ccccc2)C(C)C)c2ccccc2)cc1. The van der Waals surface area contributed by atoms with Crippen LogP contribution < -0.4 is 0 Å². The summed E-state index contributed by atoms with van der Waals surface area (Å²) >= 11 is 0. The van der Waals surface area contributed by atoms with E-state index in [1.165, 1.54) is 6.08 Å². The van der Waals surface area contributed by atoms with Gasteiger partial charge in [0.25, 0.3) is 10.0 Å². The Bertz CT molecular complexity index is 1230. The monoisotopic (exact) mass is 481 g/mol. The molecule has 0 bridgehead atoms. The van der Waals surface area contributed by atoms with E-state index >= 15 is 0 Å². The number of ketones is 1. The molecule has 172 valence electrons. The third-order valence-corrected chi connectivity index (χ3v) is 8.06. The second-order valence-corrected chi connectivity index (χ2v) is 11.0. The highest BCUT2D eigenvalue weighted by molar-refractivity contribution is 7.98. The van der Waals surface area contributed by atoms with Gasteiger partial charge in [-0.3, -0.25) is 8.98 Å². The molecule has 0 saturated carbocycles. The van der Waals surface area contributed by atoms with Gasteiger partial charge in [-0.05, 0) is 43.2 Å². The molecule has 7 heteroatoms. The Kier molecular flexibility index (Phi) is 8.49. The van der Waals surface area contributed by atoms with Crippen LogP contribution in [0.1, 0.15) is 29.8 Å². The lowest BCUT2D eigenvalue weighted by atomic mass is 10.1. The van der Waals surface area contributed by atoms with Crippen molar-refractivity contribution in [2.24, 2.45) is 9.69 Å². The highest BCUT2D eigenvalue weighted by Crippen LogP contribution is 2.22. The summed E-state index contributed by atoms with van der Waals surface area (Å²) < 4.78 is 36.4. The fourth-order valence-electron chi connectivity index (χ4n) is 2.85. The number of sulfonamides is 1. The molecule has 0 aromatic heterocycles. The fourth-order valence-corrected chi connectivity index (χ4v) is 5.87. The molecule has 0 radical (unpaired) electrons. The van der Waals surface area contributed by atoms with Crippen LogP contribution in [0.4, 0.5) is 0 Å². The lowest BCUT2D eigenvalue weighted by Gasteiger charge is -2.19. The van der Waals surface area contributed by atoms with E-state index in [0.717, 1.165) is 5.56 Å². The highest BCUT2D eigenvalue weighted by Gasteiger charge is 2.20. The topological polar surface area (TPSA) is 72.8 Å². The second kappa shape index (κ2) is 11.3. The maximum absolute atomic E-state index is 13.0. The van der Waals surface area contributed by atoms with Crippen LogP contribution in [-0.4, -0.2) is 20.3 Å². The molecule has 5 nitrogen and oxygen atoms in total. The Hall–Kier alpha value is -2.87. The van der Waals surface area contributed by atoms with Gasteiger partial charge in [-0.1, -0.05) is 86.2 Å². The summed E-state index contributed by atoms with van der Waals surface area (Å²) in [4.78, 5) is 13.3. The van der Waals surface area contributed by atoms with Gasteiger partial charge in [0.1, 0.15) is 0 Å². The van der Waals surface area contributed by atoms with Crippen molar-refractivity contribution < 1.29 is 17.4 Å². The third-order valence-electron chi connectivity index (χ3n) is 4.78. The molecule has 0 N–H and O–H groups in total. The van der Waals surface area contributed by atoms with Gasteiger partial charge in [0, 0.05) is 10.5 Å². The van der Waals surface area contributed by atoms with E-state index < -0.39 is 27.1 Å². The van der Waals surface area contributed by atoms with Gasteiger partial charge in [-0.25, -0.2) is 0 Å². The molecule has 0 fully saturated rings. The van der Waals surface area contributed by atoms with E-state index in [2.05, 4.69) is 3.77 Å². The first-order valence-electron chi connectivity index (χ1n) is 10.5. The van der Waals surface area contributed by atoms with Crippen molar-refractivity contribution >= 4 is 26.8 Å². The van der Waals surface area contributed by atoms with Crippen LogP contribution >= 0.6 is 0 Å². The molecule has 0 aliphatic heterocycles. The van der Waals surface area contributed by atoms with Gasteiger partial charge in [0.15, 0.2) is 5.78 Å². The molecule has 3 aromatic rings. The van der Waals surface area contributed by atoms with E-state index in [9.17, 15) is 13.2 Å². The number of allylic oxidation sites excluding steroid dienone is 1. The fraction of sp³-hybridized carbons (Fsp3) is 0.192. The first kappa shape index (κ1) is 24.8. The molecule has 0 spiro atoms. The van der Waals surface area contributed by atoms with E-state index in [4.69, 9.17) is 4.18 Å². The smallest absolute Gasteiger partial charge is 0.290 e. The quantitative estimate of drug-likeness (QED) is 0.280. The molecule has 0 saturated heterocycles. The Morgan fingerprint density at radius 1 is 0.909 bits per heavy atom. The maximum Gasteiger partial charge on any atom is 0.290 e. The number of hydrogen-bond donors (Lipinski definition) is 0. The van der Waals surface area contributed by atoms with Crippen molar-refractivity contribution in [3.8, 4) is 0 Å². The molecule has 2 unspecified atom stereocenters. The largest absolute Gasteiger partial charge is 0.294 e. The van der Waals surface area contributed by atoms with Crippen molar-refractivity contribution in [1.29, 1.82) is 0 Å². The summed E-state index contributed by atoms with van der Waals surface area (Å²) in [5.41, 5.74) is 1.53. The van der Waals surface area contributed by atoms with Crippen LogP contribution in [0.5, 0.6) is 0 Å². The first-order chi connectivity index (χ1) is 15.8. The standard InChI is InChI=1S/C26H27NO4S2/c1-20(2)26(19-18-25(28)22-10-6-4-7-11-22)31-32(23-12-8-5-9-13-23)27-33(29,30)24-16-14-21(3)15-17-24/h4-20,26H,1-3H3/b19-18+. The van der Waals surface area contributed by atoms with Crippen LogP contribution in [0.2, 0.25) is 0 Å². The van der Waals surface area contributed by atoms with Crippen LogP contribution in [0.25, 0.3) is 0 Å². The third kappa shape index (κ3) is 7.05. The zero-order valence-electron chi connectivity index (χ0n) is 18.8. The van der Waals surface area contributed by atoms with Crippen LogP contribution in [0.15, 0.2) is 111 Å². The molecule has 0 heterocycles. The Labute approximate surface area is 198 Å². The minimum Gasteiger partial charge on any atom is -0.294 e. The van der Waals surface area contributed by atoms with Crippen molar-refractivity contribution in [3.05, 3.63) is 108 Å². The molecule has 0 aliphatic rings. The van der Waals surface area contributed by atoms with Gasteiger partial charge in [0.05, 0.1) is 22.0 Å². The number of benzene rings is 3. The number of carbonyl (C=O) groups excluding carboxylic acids is 1. The normalized spacial score (nSPS) is 13.9. The maximum atomic E-state index is 13.0. The minimum atomic E-state index is -3.95. The highest BCUT2D eigenvalue weighted by atomic mass is 32.3. The Morgan fingerprint density at radius 2 is 1.48 bits per heavy atom. The molecular weight excluding hydrogens is 454 g/mol. The second-order valence-electron chi connectivity index (χ2n) is 7.82. The van der Waals surface area contributed by atoms with Gasteiger partial charge >= 0.3 is 0 Å². The summed E-state index contributed by atoms with van der Waals surface area (Å²) in [5, 5.41) is 0. The van der Waals surface area contributed by atoms with Gasteiger partial charge in [-0.15, -0.1) is 3.77 Å². The molecule has 3 aromatic carbocycles. The van der Waals surface area contributed by atoms with Crippen molar-refractivity contribution in [2.75, 3.05) is 0 Å². The Balaban J connectivity index is 1.94. The average Bonchev–Trinajstić information content (AvgIpc) is 2.82. The lowest BCUT2D eigenvalue weighted by Crippen LogP contribution is -2.20. The molecule has 3 rings (SSSR count). The molecular formula is C26H27NO4S2. The van der Waals surface area contributed by atoms with Crippen molar-refractivity contribution in [3.63, 3.8) is 0 Å². The summed E-state index contributed by atoms with van der Waals surface area (Å²) in [6, 6.07) is 24.5. The first-order valence-corrected chi connectivity index (χ1v) is 13.1. The zero-order chi connectivity index (χ0) is 23.8. The summed E-state index contributed by atoms with van der Waals surface area (Å²) in [7, 11) is -5.35. The Morgan fingerprint density at radius 3 is 2.06 bits per heavy atom. The number of aryl methyl sites for hydroxylation is 1. The number of rotatable bonds is 9. The summed E-state index contributed by atoms with van der Waals surface area (Å²) in [6.07, 6.45) is 2.64. The summed E-state index contributed by atoms with van der Waals surface area (Å²) in [6.45, 7) is 5.79. The lowest BCUT2D eigenvalue weighted by molar-refractivity contribution is 0.104.